The van der Waals surface area contributed by atoms with E-state index in [-0.39, 0.29) is 6.10 Å². The number of oxime groups is 1. The highest BCUT2D eigenvalue weighted by Crippen LogP contribution is 2.32. The number of aryl methyl sites for hydroxylation is 1. The lowest BCUT2D eigenvalue weighted by atomic mass is 9.96. The van der Waals surface area contributed by atoms with E-state index in [2.05, 4.69) is 38.0 Å². The number of rotatable bonds is 8. The molecule has 0 atom stereocenters. The SMILES string of the molecule is CCN(C)/C=N/c1cc(Br)c(OC2CCC(=NOC/C=C(\C)Cl)CC2)nc1C. The smallest absolute Gasteiger partial charge is 0.228 e. The predicted molar refractivity (Wildman–Crippen MR) is 119 cm³/mol. The summed E-state index contributed by atoms with van der Waals surface area (Å²) >= 11 is 9.33. The summed E-state index contributed by atoms with van der Waals surface area (Å²) in [5, 5.41) is 4.90. The summed E-state index contributed by atoms with van der Waals surface area (Å²) < 4.78 is 6.95. The van der Waals surface area contributed by atoms with Crippen molar-refractivity contribution in [2.24, 2.45) is 10.1 Å². The molecule has 0 unspecified atom stereocenters. The minimum absolute atomic E-state index is 0.118. The predicted octanol–water partition coefficient (Wildman–Crippen LogP) is 5.60. The number of hydrogen-bond acceptors (Lipinski definition) is 5. The quantitative estimate of drug-likeness (QED) is 0.214. The van der Waals surface area contributed by atoms with Gasteiger partial charge in [-0.2, -0.15) is 0 Å². The van der Waals surface area contributed by atoms with Crippen molar-refractivity contribution in [2.45, 2.75) is 52.6 Å². The molecule has 1 aromatic heterocycles. The van der Waals surface area contributed by atoms with Crippen LogP contribution in [0.15, 0.2) is 31.8 Å². The maximum Gasteiger partial charge on any atom is 0.228 e. The number of halogens is 2. The Kier molecular flexibility index (Phi) is 9.25. The highest BCUT2D eigenvalue weighted by Gasteiger charge is 2.21. The Bertz CT molecular complexity index is 738. The zero-order chi connectivity index (χ0) is 20.5. The van der Waals surface area contributed by atoms with Gasteiger partial charge in [-0.15, -0.1) is 0 Å². The van der Waals surface area contributed by atoms with Crippen molar-refractivity contribution in [1.82, 2.24) is 9.88 Å². The molecule has 2 rings (SSSR count). The highest BCUT2D eigenvalue weighted by atomic mass is 79.9. The van der Waals surface area contributed by atoms with Gasteiger partial charge in [0.2, 0.25) is 5.88 Å². The topological polar surface area (TPSA) is 59.3 Å². The van der Waals surface area contributed by atoms with Crippen molar-refractivity contribution < 1.29 is 9.57 Å². The number of nitrogens with zero attached hydrogens (tertiary/aromatic N) is 4. The van der Waals surface area contributed by atoms with Crippen molar-refractivity contribution >= 4 is 45.3 Å². The molecular formula is C20H28BrClN4O2. The minimum Gasteiger partial charge on any atom is -0.474 e. The second kappa shape index (κ2) is 11.4. The van der Waals surface area contributed by atoms with E-state index in [1.165, 1.54) is 0 Å². The van der Waals surface area contributed by atoms with E-state index in [1.54, 1.807) is 6.08 Å². The Morgan fingerprint density at radius 1 is 1.43 bits per heavy atom. The van der Waals surface area contributed by atoms with Gasteiger partial charge in [0.05, 0.1) is 27.9 Å². The lowest BCUT2D eigenvalue weighted by Gasteiger charge is -2.24. The first-order valence-corrected chi connectivity index (χ1v) is 10.6. The van der Waals surface area contributed by atoms with Gasteiger partial charge in [0, 0.05) is 18.6 Å². The van der Waals surface area contributed by atoms with Crippen LogP contribution in [0.4, 0.5) is 5.69 Å². The van der Waals surface area contributed by atoms with Gasteiger partial charge < -0.3 is 14.5 Å². The molecular weight excluding hydrogens is 444 g/mol. The maximum absolute atomic E-state index is 6.13. The molecule has 154 valence electrons. The van der Waals surface area contributed by atoms with Gasteiger partial charge in [-0.1, -0.05) is 16.8 Å². The number of aliphatic imine (C=N–C) groups is 1. The van der Waals surface area contributed by atoms with Crippen molar-refractivity contribution in [3.8, 4) is 5.88 Å². The molecule has 0 saturated heterocycles. The molecule has 0 bridgehead atoms. The molecule has 0 aliphatic heterocycles. The third-order valence-corrected chi connectivity index (χ3v) is 5.14. The molecule has 1 aromatic rings. The second-order valence-corrected chi connectivity index (χ2v) is 8.21. The van der Waals surface area contributed by atoms with Crippen LogP contribution in [0.5, 0.6) is 5.88 Å². The fourth-order valence-corrected chi connectivity index (χ4v) is 3.04. The molecule has 1 aliphatic rings. The van der Waals surface area contributed by atoms with E-state index in [9.17, 15) is 0 Å². The van der Waals surface area contributed by atoms with Gasteiger partial charge >= 0.3 is 0 Å². The molecule has 1 saturated carbocycles. The molecule has 0 radical (unpaired) electrons. The van der Waals surface area contributed by atoms with E-state index in [4.69, 9.17) is 21.2 Å². The Hall–Kier alpha value is -1.60. The summed E-state index contributed by atoms with van der Waals surface area (Å²) in [5.74, 6) is 0.615. The summed E-state index contributed by atoms with van der Waals surface area (Å²) in [6, 6.07) is 1.95. The summed E-state index contributed by atoms with van der Waals surface area (Å²) in [7, 11) is 1.99. The van der Waals surface area contributed by atoms with Crippen molar-refractivity contribution in [3.63, 3.8) is 0 Å². The summed E-state index contributed by atoms with van der Waals surface area (Å²) in [5.41, 5.74) is 2.73. The van der Waals surface area contributed by atoms with Gasteiger partial charge in [-0.05, 0) is 74.5 Å². The first kappa shape index (κ1) is 22.7. The van der Waals surface area contributed by atoms with Gasteiger partial charge in [0.15, 0.2) is 0 Å². The third-order valence-electron chi connectivity index (χ3n) is 4.42. The summed E-state index contributed by atoms with van der Waals surface area (Å²) in [6.07, 6.45) is 7.22. The van der Waals surface area contributed by atoms with Gasteiger partial charge in [-0.25, -0.2) is 9.98 Å². The third kappa shape index (κ3) is 7.43. The minimum atomic E-state index is 0.118. The fourth-order valence-electron chi connectivity index (χ4n) is 2.58. The van der Waals surface area contributed by atoms with E-state index in [1.807, 2.05) is 38.2 Å². The largest absolute Gasteiger partial charge is 0.474 e. The number of allylic oxidation sites excluding steroid dienone is 1. The van der Waals surface area contributed by atoms with Crippen LogP contribution in [0.25, 0.3) is 0 Å². The molecule has 1 aliphatic carbocycles. The number of hydrogen-bond donors (Lipinski definition) is 0. The van der Waals surface area contributed by atoms with Crippen molar-refractivity contribution in [1.29, 1.82) is 0 Å². The van der Waals surface area contributed by atoms with Gasteiger partial charge in [-0.3, -0.25) is 0 Å². The molecule has 1 heterocycles. The molecule has 1 fully saturated rings. The molecule has 6 nitrogen and oxygen atoms in total. The monoisotopic (exact) mass is 470 g/mol. The molecule has 0 aromatic carbocycles. The van der Waals surface area contributed by atoms with E-state index >= 15 is 0 Å². The fraction of sp³-hybridized carbons (Fsp3) is 0.550. The van der Waals surface area contributed by atoms with E-state index in [0.29, 0.717) is 17.5 Å². The zero-order valence-electron chi connectivity index (χ0n) is 16.9. The Morgan fingerprint density at radius 2 is 2.14 bits per heavy atom. The normalized spacial score (nSPS) is 17.7. The Balaban J connectivity index is 1.91. The van der Waals surface area contributed by atoms with Crippen LogP contribution in [0.3, 0.4) is 0 Å². The first-order valence-electron chi connectivity index (χ1n) is 9.47. The number of pyridine rings is 1. The first-order chi connectivity index (χ1) is 13.4. The van der Waals surface area contributed by atoms with Crippen LogP contribution in [-0.2, 0) is 4.84 Å². The maximum atomic E-state index is 6.13. The standard InChI is InChI=1S/C20H28BrClN4O2/c1-5-26(4)13-23-19-12-18(21)20(24-15(19)3)28-17-8-6-16(7-9-17)25-27-11-10-14(2)22/h10,12-13,17H,5-9,11H2,1-4H3/b14-10+,23-13+,25-16?. The van der Waals surface area contributed by atoms with Crippen LogP contribution in [0.1, 0.15) is 45.2 Å². The number of ether oxygens (including phenoxy) is 1. The van der Waals surface area contributed by atoms with Crippen LogP contribution < -0.4 is 4.74 Å². The molecule has 0 N–H and O–H groups in total. The van der Waals surface area contributed by atoms with Gasteiger partial charge in [0.1, 0.15) is 12.7 Å². The Morgan fingerprint density at radius 3 is 2.79 bits per heavy atom. The zero-order valence-corrected chi connectivity index (χ0v) is 19.3. The van der Waals surface area contributed by atoms with Crippen molar-refractivity contribution in [3.05, 3.63) is 27.3 Å². The summed E-state index contributed by atoms with van der Waals surface area (Å²) in [4.78, 5) is 16.4. The van der Waals surface area contributed by atoms with Crippen LogP contribution in [-0.4, -0.2) is 48.2 Å². The lowest BCUT2D eigenvalue weighted by molar-refractivity contribution is 0.156. The van der Waals surface area contributed by atoms with E-state index in [0.717, 1.165) is 53.8 Å². The van der Waals surface area contributed by atoms with Crippen LogP contribution in [0, 0.1) is 6.92 Å². The van der Waals surface area contributed by atoms with E-state index < -0.39 is 0 Å². The number of aromatic nitrogens is 1. The van der Waals surface area contributed by atoms with Crippen LogP contribution in [0.2, 0.25) is 0 Å². The average Bonchev–Trinajstić information content (AvgIpc) is 2.67. The molecule has 8 heteroatoms. The summed E-state index contributed by atoms with van der Waals surface area (Å²) in [6.45, 7) is 7.14. The van der Waals surface area contributed by atoms with Crippen LogP contribution >= 0.6 is 27.5 Å². The average molecular weight is 472 g/mol. The van der Waals surface area contributed by atoms with Gasteiger partial charge in [0.25, 0.3) is 0 Å². The highest BCUT2D eigenvalue weighted by molar-refractivity contribution is 9.10. The van der Waals surface area contributed by atoms with Crippen molar-refractivity contribution in [2.75, 3.05) is 20.2 Å². The molecule has 28 heavy (non-hydrogen) atoms. The molecule has 0 amide bonds. The Labute approximate surface area is 180 Å². The molecule has 0 spiro atoms. The lowest BCUT2D eigenvalue weighted by Crippen LogP contribution is -2.25. The second-order valence-electron chi connectivity index (χ2n) is 6.76.